The Morgan fingerprint density at radius 2 is 1.94 bits per heavy atom. The molecule has 1 rings (SSSR count). The summed E-state index contributed by atoms with van der Waals surface area (Å²) in [4.78, 5) is 14.0. The Labute approximate surface area is 117 Å². The van der Waals surface area contributed by atoms with Crippen LogP contribution in [0.3, 0.4) is 0 Å². The predicted molar refractivity (Wildman–Crippen MR) is 67.9 cm³/mol. The van der Waals surface area contributed by atoms with Gasteiger partial charge in [0.15, 0.2) is 0 Å². The molecule has 0 saturated carbocycles. The molecule has 0 radical (unpaired) electrons. The maximum Gasteiger partial charge on any atom is 0.354 e. The highest BCUT2D eigenvalue weighted by atomic mass is 80.0. The molecule has 16 heavy (non-hydrogen) atoms. The molecule has 5 nitrogen and oxygen atoms in total. The first-order valence-electron chi connectivity index (χ1n) is 3.67. The number of pyridine rings is 1. The second-order valence-electron chi connectivity index (χ2n) is 2.63. The van der Waals surface area contributed by atoms with E-state index >= 15 is 0 Å². The number of carboxylic acids is 1. The molecule has 0 aliphatic carbocycles. The maximum atomic E-state index is 11.9. The fraction of sp³-hybridized carbons (Fsp3) is 0.143. The first kappa shape index (κ1) is 14.1. The zero-order valence-electron chi connectivity index (χ0n) is 7.39. The van der Waals surface area contributed by atoms with Crippen molar-refractivity contribution in [3.05, 3.63) is 24.0 Å². The molecule has 1 heterocycles. The molecule has 0 saturated heterocycles. The van der Waals surface area contributed by atoms with Gasteiger partial charge < -0.3 is 5.11 Å². The normalized spacial score (nSPS) is 12.4. The average molecular weight is 438 g/mol. The molecule has 0 bridgehead atoms. The summed E-state index contributed by atoms with van der Waals surface area (Å²) in [5.41, 5.74) is -0.335. The number of hydrogen-bond acceptors (Lipinski definition) is 4. The lowest BCUT2D eigenvalue weighted by Crippen LogP contribution is -2.18. The van der Waals surface area contributed by atoms with Gasteiger partial charge in [-0.15, -0.1) is 0 Å². The van der Waals surface area contributed by atoms with Crippen LogP contribution in [-0.2, 0) is 9.84 Å². The quantitative estimate of drug-likeness (QED) is 0.718. The molecule has 0 spiro atoms. The van der Waals surface area contributed by atoms with Crippen LogP contribution >= 0.6 is 47.8 Å². The van der Waals surface area contributed by atoms with Crippen LogP contribution in [0.1, 0.15) is 10.5 Å². The molecule has 0 unspecified atom stereocenters. The van der Waals surface area contributed by atoms with Crippen molar-refractivity contribution in [1.82, 2.24) is 4.98 Å². The lowest BCUT2D eigenvalue weighted by molar-refractivity contribution is 0.0690. The van der Waals surface area contributed by atoms with Crippen molar-refractivity contribution in [2.75, 3.05) is 0 Å². The van der Waals surface area contributed by atoms with Crippen molar-refractivity contribution < 1.29 is 18.3 Å². The third-order valence-electron chi connectivity index (χ3n) is 1.57. The summed E-state index contributed by atoms with van der Waals surface area (Å²) in [6, 6.07) is 2.19. The zero-order valence-corrected chi connectivity index (χ0v) is 13.0. The SMILES string of the molecule is O=C(O)c1cc(S(=O)(=O)C(Br)(Br)Br)ccn1. The Bertz CT molecular complexity index is 523. The molecule has 0 amide bonds. The van der Waals surface area contributed by atoms with E-state index in [-0.39, 0.29) is 10.6 Å². The van der Waals surface area contributed by atoms with Gasteiger partial charge in [0.05, 0.1) is 4.90 Å². The third kappa shape index (κ3) is 2.82. The number of aromatic carboxylic acids is 1. The van der Waals surface area contributed by atoms with E-state index in [1.165, 1.54) is 6.07 Å². The predicted octanol–water partition coefficient (Wildman–Crippen LogP) is 2.35. The molecule has 1 aromatic heterocycles. The van der Waals surface area contributed by atoms with E-state index in [1.54, 1.807) is 0 Å². The molecular formula is C7H4Br3NO4S. The van der Waals surface area contributed by atoms with E-state index in [2.05, 4.69) is 52.8 Å². The summed E-state index contributed by atoms with van der Waals surface area (Å²) in [6.07, 6.45) is 1.12. The number of sulfone groups is 1. The van der Waals surface area contributed by atoms with Crippen molar-refractivity contribution in [1.29, 1.82) is 0 Å². The van der Waals surface area contributed by atoms with Crippen molar-refractivity contribution in [2.24, 2.45) is 0 Å². The minimum atomic E-state index is -3.79. The van der Waals surface area contributed by atoms with E-state index in [1.807, 2.05) is 0 Å². The standard InChI is InChI=1S/C7H4Br3NO4S/c8-7(9,10)16(14,15)4-1-2-11-5(3-4)6(12)13/h1-3H,(H,12,13). The van der Waals surface area contributed by atoms with Gasteiger partial charge in [-0.3, -0.25) is 0 Å². The number of rotatable bonds is 2. The smallest absolute Gasteiger partial charge is 0.354 e. The molecule has 9 heteroatoms. The largest absolute Gasteiger partial charge is 0.477 e. The Hall–Kier alpha value is 0.01000. The van der Waals surface area contributed by atoms with E-state index in [4.69, 9.17) is 5.11 Å². The lowest BCUT2D eigenvalue weighted by Gasteiger charge is -2.13. The lowest BCUT2D eigenvalue weighted by atomic mass is 10.4. The van der Waals surface area contributed by atoms with E-state index < -0.39 is 17.3 Å². The average Bonchev–Trinajstić information content (AvgIpc) is 2.16. The second kappa shape index (κ2) is 4.71. The molecular weight excluding hydrogens is 434 g/mol. The van der Waals surface area contributed by atoms with Crippen LogP contribution in [0.2, 0.25) is 0 Å². The third-order valence-corrected chi connectivity index (χ3v) is 6.89. The van der Waals surface area contributed by atoms with Gasteiger partial charge in [0.25, 0.3) is 0 Å². The molecule has 1 N–H and O–H groups in total. The van der Waals surface area contributed by atoms with Crippen LogP contribution in [0.4, 0.5) is 0 Å². The highest BCUT2D eigenvalue weighted by Gasteiger charge is 2.37. The highest BCUT2D eigenvalue weighted by Crippen LogP contribution is 2.43. The molecule has 1 aromatic rings. The van der Waals surface area contributed by atoms with Gasteiger partial charge in [0.1, 0.15) is 5.69 Å². The summed E-state index contributed by atoms with van der Waals surface area (Å²) < 4.78 is 22.2. The van der Waals surface area contributed by atoms with Crippen LogP contribution in [0.15, 0.2) is 23.2 Å². The number of hydrogen-bond donors (Lipinski definition) is 1. The van der Waals surface area contributed by atoms with Crippen molar-refractivity contribution in [2.45, 2.75) is 6.37 Å². The van der Waals surface area contributed by atoms with Crippen LogP contribution in [0.5, 0.6) is 0 Å². The number of nitrogens with zero attached hydrogens (tertiary/aromatic N) is 1. The molecule has 0 aromatic carbocycles. The van der Waals surface area contributed by atoms with Gasteiger partial charge in [0.2, 0.25) is 11.3 Å². The van der Waals surface area contributed by atoms with Crippen LogP contribution in [0.25, 0.3) is 0 Å². The van der Waals surface area contributed by atoms with Crippen LogP contribution in [0, 0.1) is 0 Å². The van der Waals surface area contributed by atoms with Crippen LogP contribution < -0.4 is 0 Å². The number of carbonyl (C=O) groups is 1. The first-order chi connectivity index (χ1) is 7.16. The molecule has 88 valence electrons. The van der Waals surface area contributed by atoms with E-state index in [9.17, 15) is 13.2 Å². The summed E-state index contributed by atoms with van der Waals surface area (Å²) in [6.45, 7) is 0. The van der Waals surface area contributed by atoms with Gasteiger partial charge in [-0.1, -0.05) is 0 Å². The van der Waals surface area contributed by atoms with Crippen molar-refractivity contribution in [3.63, 3.8) is 0 Å². The Morgan fingerprint density at radius 3 is 2.38 bits per heavy atom. The number of aromatic nitrogens is 1. The van der Waals surface area contributed by atoms with Gasteiger partial charge >= 0.3 is 5.97 Å². The van der Waals surface area contributed by atoms with Gasteiger partial charge in [-0.05, 0) is 59.9 Å². The van der Waals surface area contributed by atoms with E-state index in [0.29, 0.717) is 0 Å². The summed E-state index contributed by atoms with van der Waals surface area (Å²) in [7, 11) is -3.79. The molecule has 0 aliphatic heterocycles. The first-order valence-corrected chi connectivity index (χ1v) is 7.53. The maximum absolute atomic E-state index is 11.9. The number of carboxylic acid groups (broad SMARTS) is 1. The summed E-state index contributed by atoms with van der Waals surface area (Å²) in [5, 5.41) is 8.69. The van der Waals surface area contributed by atoms with Gasteiger partial charge in [-0.25, -0.2) is 18.2 Å². The fourth-order valence-electron chi connectivity index (χ4n) is 0.829. The second-order valence-corrected chi connectivity index (χ2v) is 13.1. The van der Waals surface area contributed by atoms with Crippen molar-refractivity contribution >= 4 is 63.6 Å². The minimum absolute atomic E-state index is 0.162. The summed E-state index contributed by atoms with van der Waals surface area (Å²) >= 11 is 8.63. The molecule has 0 aliphatic rings. The Kier molecular flexibility index (Phi) is 4.14. The van der Waals surface area contributed by atoms with Gasteiger partial charge in [-0.2, -0.15) is 0 Å². The fourth-order valence-corrected chi connectivity index (χ4v) is 3.29. The van der Waals surface area contributed by atoms with E-state index in [0.717, 1.165) is 12.3 Å². The highest BCUT2D eigenvalue weighted by molar-refractivity contribution is 9.42. The molecule has 0 atom stereocenters. The monoisotopic (exact) mass is 435 g/mol. The Morgan fingerprint density at radius 1 is 1.38 bits per heavy atom. The van der Waals surface area contributed by atoms with Gasteiger partial charge in [0, 0.05) is 6.20 Å². The topological polar surface area (TPSA) is 84.3 Å². The summed E-state index contributed by atoms with van der Waals surface area (Å²) in [5.74, 6) is -1.29. The van der Waals surface area contributed by atoms with Crippen LogP contribution in [-0.4, -0.2) is 26.0 Å². The minimum Gasteiger partial charge on any atom is -0.477 e. The molecule has 0 fully saturated rings. The van der Waals surface area contributed by atoms with Crippen molar-refractivity contribution in [3.8, 4) is 0 Å². The number of alkyl halides is 3. The zero-order chi connectivity index (χ0) is 12.6. The number of halogens is 3. The Balaban J connectivity index is 3.36.